The van der Waals surface area contributed by atoms with E-state index in [-0.39, 0.29) is 17.8 Å². The maximum atomic E-state index is 13.0. The minimum absolute atomic E-state index is 0.0726. The van der Waals surface area contributed by atoms with E-state index < -0.39 is 0 Å². The molecule has 0 atom stereocenters. The van der Waals surface area contributed by atoms with Gasteiger partial charge in [-0.1, -0.05) is 37.5 Å². The quantitative estimate of drug-likeness (QED) is 0.611. The fourth-order valence-corrected chi connectivity index (χ4v) is 4.02. The summed E-state index contributed by atoms with van der Waals surface area (Å²) in [5.41, 5.74) is 1.50. The van der Waals surface area contributed by atoms with Crippen molar-refractivity contribution in [3.63, 3.8) is 0 Å². The highest BCUT2D eigenvalue weighted by atomic mass is 32.1. The smallest absolute Gasteiger partial charge is 0.298 e. The Bertz CT molecular complexity index is 968. The lowest BCUT2D eigenvalue weighted by molar-refractivity contribution is 0.0927. The molecule has 1 aromatic heterocycles. The largest absolute Gasteiger partial charge is 0.430 e. The van der Waals surface area contributed by atoms with Gasteiger partial charge < -0.3 is 10.1 Å². The van der Waals surface area contributed by atoms with Crippen molar-refractivity contribution in [2.45, 2.75) is 44.6 Å². The maximum Gasteiger partial charge on any atom is 0.298 e. The van der Waals surface area contributed by atoms with Crippen molar-refractivity contribution in [1.29, 1.82) is 0 Å². The number of carbonyl (C=O) groups excluding carboxylic acids is 1. The van der Waals surface area contributed by atoms with Crippen molar-refractivity contribution in [2.24, 2.45) is 0 Å². The molecule has 1 aliphatic rings. The van der Waals surface area contributed by atoms with Crippen LogP contribution in [0.1, 0.15) is 53.8 Å². The van der Waals surface area contributed by atoms with Gasteiger partial charge in [0, 0.05) is 29.6 Å². The second-order valence-electron chi connectivity index (χ2n) is 7.22. The van der Waals surface area contributed by atoms with E-state index in [1.807, 2.05) is 0 Å². The number of hydrogen-bond donors (Lipinski definition) is 1. The van der Waals surface area contributed by atoms with Gasteiger partial charge in [-0.2, -0.15) is 9.36 Å². The van der Waals surface area contributed by atoms with Crippen molar-refractivity contribution in [2.75, 3.05) is 0 Å². The lowest BCUT2D eigenvalue weighted by Gasteiger charge is -2.22. The Labute approximate surface area is 173 Å². The number of amides is 1. The molecule has 2 aromatic carbocycles. The number of rotatable bonds is 6. The fourth-order valence-electron chi connectivity index (χ4n) is 3.45. The number of benzene rings is 2. The zero-order chi connectivity index (χ0) is 20.1. The van der Waals surface area contributed by atoms with Crippen LogP contribution >= 0.6 is 11.5 Å². The van der Waals surface area contributed by atoms with Crippen LogP contribution in [0.15, 0.2) is 48.5 Å². The summed E-state index contributed by atoms with van der Waals surface area (Å²) < 4.78 is 23.1. The van der Waals surface area contributed by atoms with Gasteiger partial charge in [-0.3, -0.25) is 4.79 Å². The van der Waals surface area contributed by atoms with Gasteiger partial charge in [0.05, 0.1) is 0 Å². The molecule has 0 radical (unpaired) electrons. The molecule has 0 bridgehead atoms. The van der Waals surface area contributed by atoms with Crippen molar-refractivity contribution in [3.8, 4) is 10.9 Å². The number of nitrogens with one attached hydrogen (secondary N) is 1. The lowest BCUT2D eigenvalue weighted by atomic mass is 9.95. The third-order valence-electron chi connectivity index (χ3n) is 4.97. The highest BCUT2D eigenvalue weighted by Gasteiger charge is 2.17. The van der Waals surface area contributed by atoms with Crippen molar-refractivity contribution >= 4 is 17.4 Å². The molecule has 29 heavy (non-hydrogen) atoms. The minimum atomic E-state index is -0.267. The van der Waals surface area contributed by atoms with Crippen LogP contribution in [0.2, 0.25) is 0 Å². The van der Waals surface area contributed by atoms with E-state index in [9.17, 15) is 9.18 Å². The molecule has 150 valence electrons. The van der Waals surface area contributed by atoms with E-state index in [1.54, 1.807) is 36.4 Å². The van der Waals surface area contributed by atoms with E-state index in [4.69, 9.17) is 4.74 Å². The number of carbonyl (C=O) groups is 1. The minimum Gasteiger partial charge on any atom is -0.430 e. The first kappa shape index (κ1) is 19.5. The lowest BCUT2D eigenvalue weighted by Crippen LogP contribution is -2.36. The first-order valence-electron chi connectivity index (χ1n) is 9.81. The van der Waals surface area contributed by atoms with E-state index in [2.05, 4.69) is 14.7 Å². The average Bonchev–Trinajstić information content (AvgIpc) is 3.17. The summed E-state index contributed by atoms with van der Waals surface area (Å²) in [5.74, 6) is 0.821. The van der Waals surface area contributed by atoms with Crippen LogP contribution in [-0.4, -0.2) is 21.3 Å². The molecule has 0 spiro atoms. The monoisotopic (exact) mass is 411 g/mol. The fraction of sp³-hybridized carbons (Fsp3) is 0.318. The summed E-state index contributed by atoms with van der Waals surface area (Å²) in [5, 5.41) is 3.52. The van der Waals surface area contributed by atoms with Gasteiger partial charge in [0.1, 0.15) is 11.6 Å². The summed E-state index contributed by atoms with van der Waals surface area (Å²) in [4.78, 5) is 16.9. The maximum absolute atomic E-state index is 13.0. The van der Waals surface area contributed by atoms with E-state index in [0.717, 1.165) is 29.9 Å². The Morgan fingerprint density at radius 2 is 1.93 bits per heavy atom. The van der Waals surface area contributed by atoms with Gasteiger partial charge in [-0.15, -0.1) is 0 Å². The number of halogens is 1. The van der Waals surface area contributed by atoms with E-state index >= 15 is 0 Å². The van der Waals surface area contributed by atoms with Crippen LogP contribution in [0.3, 0.4) is 0 Å². The molecule has 3 aromatic rings. The topological polar surface area (TPSA) is 64.1 Å². The predicted molar refractivity (Wildman–Crippen MR) is 110 cm³/mol. The van der Waals surface area contributed by atoms with Crippen molar-refractivity contribution in [1.82, 2.24) is 14.7 Å². The highest BCUT2D eigenvalue weighted by molar-refractivity contribution is 7.07. The Balaban J connectivity index is 1.38. The standard InChI is InChI=1S/C22H22FN3O2S/c23-17-11-9-15(10-12-17)13-20-25-22(29-26-20)28-19-8-4-5-16(14-19)21(27)24-18-6-2-1-3-7-18/h4-5,8-12,14,18H,1-3,6-7,13H2,(H,24,27). The van der Waals surface area contributed by atoms with Gasteiger partial charge >= 0.3 is 0 Å². The average molecular weight is 412 g/mol. The molecule has 1 aliphatic carbocycles. The summed E-state index contributed by atoms with van der Waals surface area (Å²) in [7, 11) is 0. The molecule has 1 fully saturated rings. The Morgan fingerprint density at radius 3 is 2.72 bits per heavy atom. The molecule has 7 heteroatoms. The number of aromatic nitrogens is 2. The second-order valence-corrected chi connectivity index (χ2v) is 7.93. The molecule has 4 rings (SSSR count). The summed E-state index contributed by atoms with van der Waals surface area (Å²) in [6.45, 7) is 0. The first-order chi connectivity index (χ1) is 14.2. The number of ether oxygens (including phenoxy) is 1. The Hall–Kier alpha value is -2.80. The van der Waals surface area contributed by atoms with Crippen LogP contribution in [0.25, 0.3) is 0 Å². The highest BCUT2D eigenvalue weighted by Crippen LogP contribution is 2.25. The summed E-state index contributed by atoms with van der Waals surface area (Å²) in [6, 6.07) is 13.6. The molecule has 0 saturated heterocycles. The van der Waals surface area contributed by atoms with Gasteiger partial charge in [-0.05, 0) is 48.7 Å². The van der Waals surface area contributed by atoms with Crippen LogP contribution in [0, 0.1) is 5.82 Å². The number of nitrogens with zero attached hydrogens (tertiary/aromatic N) is 2. The molecule has 0 unspecified atom stereocenters. The Morgan fingerprint density at radius 1 is 1.14 bits per heavy atom. The van der Waals surface area contributed by atoms with E-state index in [1.165, 1.54) is 31.4 Å². The van der Waals surface area contributed by atoms with Crippen LogP contribution in [0.4, 0.5) is 4.39 Å². The molecule has 1 heterocycles. The molecular formula is C22H22FN3O2S. The van der Waals surface area contributed by atoms with Gasteiger partial charge in [-0.25, -0.2) is 4.39 Å². The zero-order valence-electron chi connectivity index (χ0n) is 15.9. The normalized spacial score (nSPS) is 14.5. The summed E-state index contributed by atoms with van der Waals surface area (Å²) in [6.07, 6.45) is 6.19. The van der Waals surface area contributed by atoms with Crippen molar-refractivity contribution < 1.29 is 13.9 Å². The number of hydrogen-bond acceptors (Lipinski definition) is 5. The van der Waals surface area contributed by atoms with Gasteiger partial charge in [0.25, 0.3) is 11.1 Å². The third kappa shape index (κ3) is 5.38. The second kappa shape index (κ2) is 9.13. The van der Waals surface area contributed by atoms with Gasteiger partial charge in [0.15, 0.2) is 5.82 Å². The third-order valence-corrected chi connectivity index (χ3v) is 5.60. The van der Waals surface area contributed by atoms with Crippen LogP contribution in [0.5, 0.6) is 10.9 Å². The predicted octanol–water partition coefficient (Wildman–Crippen LogP) is 5.12. The van der Waals surface area contributed by atoms with Crippen LogP contribution in [-0.2, 0) is 6.42 Å². The Kier molecular flexibility index (Phi) is 6.14. The first-order valence-corrected chi connectivity index (χ1v) is 10.6. The van der Waals surface area contributed by atoms with Crippen LogP contribution < -0.4 is 10.1 Å². The molecule has 1 saturated carbocycles. The molecule has 5 nitrogen and oxygen atoms in total. The molecule has 1 N–H and O–H groups in total. The molecule has 0 aliphatic heterocycles. The SMILES string of the molecule is O=C(NC1CCCCC1)c1cccc(Oc2nc(Cc3ccc(F)cc3)ns2)c1. The van der Waals surface area contributed by atoms with Crippen molar-refractivity contribution in [3.05, 3.63) is 71.3 Å². The van der Waals surface area contributed by atoms with Gasteiger partial charge in [0.2, 0.25) is 0 Å². The summed E-state index contributed by atoms with van der Waals surface area (Å²) >= 11 is 1.15. The molecular weight excluding hydrogens is 389 g/mol. The zero-order valence-corrected chi connectivity index (χ0v) is 16.8. The molecule has 1 amide bonds. The van der Waals surface area contributed by atoms with E-state index in [0.29, 0.717) is 28.8 Å².